The summed E-state index contributed by atoms with van der Waals surface area (Å²) in [6, 6.07) is 4.67. The Morgan fingerprint density at radius 3 is 2.50 bits per heavy atom. The van der Waals surface area contributed by atoms with E-state index in [1.807, 2.05) is 0 Å². The van der Waals surface area contributed by atoms with E-state index in [1.54, 1.807) is 0 Å². The van der Waals surface area contributed by atoms with Crippen LogP contribution in [0.15, 0.2) is 0 Å². The van der Waals surface area contributed by atoms with E-state index in [-0.39, 0.29) is 0 Å². The van der Waals surface area contributed by atoms with Gasteiger partial charge in [-0.2, -0.15) is 5.26 Å². The van der Waals surface area contributed by atoms with Crippen LogP contribution in [0.5, 0.6) is 0 Å². The second-order valence-corrected chi connectivity index (χ2v) is 6.79. The van der Waals surface area contributed by atoms with Gasteiger partial charge in [-0.25, -0.2) is 0 Å². The van der Waals surface area contributed by atoms with Gasteiger partial charge in [0.15, 0.2) is 0 Å². The third-order valence-corrected chi connectivity index (χ3v) is 5.52. The lowest BCUT2D eigenvalue weighted by molar-refractivity contribution is 0.0474. The van der Waals surface area contributed by atoms with Crippen LogP contribution in [0.4, 0.5) is 0 Å². The minimum atomic E-state index is 0.354. The van der Waals surface area contributed by atoms with Crippen LogP contribution in [0, 0.1) is 16.7 Å². The molecule has 0 radical (unpaired) electrons. The average Bonchev–Trinajstić information content (AvgIpc) is 3.08. The van der Waals surface area contributed by atoms with E-state index >= 15 is 0 Å². The first kappa shape index (κ1) is 12.4. The van der Waals surface area contributed by atoms with Crippen molar-refractivity contribution in [1.82, 2.24) is 10.2 Å². The maximum absolute atomic E-state index is 8.86. The minimum Gasteiger partial charge on any atom is -0.313 e. The highest BCUT2D eigenvalue weighted by atomic mass is 15.2. The molecule has 2 bridgehead atoms. The topological polar surface area (TPSA) is 39.1 Å². The van der Waals surface area contributed by atoms with Crippen LogP contribution < -0.4 is 5.32 Å². The van der Waals surface area contributed by atoms with E-state index in [9.17, 15) is 0 Å². The van der Waals surface area contributed by atoms with Gasteiger partial charge >= 0.3 is 0 Å². The first-order valence-electron chi connectivity index (χ1n) is 7.55. The summed E-state index contributed by atoms with van der Waals surface area (Å²) in [4.78, 5) is 2.61. The van der Waals surface area contributed by atoms with Gasteiger partial charge in [0.25, 0.3) is 0 Å². The van der Waals surface area contributed by atoms with Gasteiger partial charge in [-0.3, -0.25) is 0 Å². The number of hydrogen-bond acceptors (Lipinski definition) is 3. The molecular weight excluding hydrogens is 222 g/mol. The molecule has 0 aromatic rings. The molecule has 1 N–H and O–H groups in total. The number of nitrogens with zero attached hydrogens (tertiary/aromatic N) is 2. The Bertz CT molecular complexity index is 328. The highest BCUT2D eigenvalue weighted by molar-refractivity contribution is 5.02. The molecule has 2 unspecified atom stereocenters. The van der Waals surface area contributed by atoms with Crippen molar-refractivity contribution in [2.75, 3.05) is 13.6 Å². The van der Waals surface area contributed by atoms with E-state index in [0.717, 1.165) is 25.0 Å². The van der Waals surface area contributed by atoms with Crippen molar-refractivity contribution in [3.63, 3.8) is 0 Å². The summed E-state index contributed by atoms with van der Waals surface area (Å²) in [5.41, 5.74) is 0.354. The Morgan fingerprint density at radius 1 is 1.28 bits per heavy atom. The molecule has 2 saturated heterocycles. The Morgan fingerprint density at radius 2 is 1.94 bits per heavy atom. The molecule has 0 aromatic heterocycles. The lowest BCUT2D eigenvalue weighted by Gasteiger charge is -2.47. The fraction of sp³-hybridized carbons (Fsp3) is 0.933. The van der Waals surface area contributed by atoms with E-state index in [1.165, 1.54) is 44.9 Å². The lowest BCUT2D eigenvalue weighted by atomic mass is 9.82. The number of fused-ring (bicyclic) bond motifs is 2. The maximum Gasteiger partial charge on any atom is 0.0628 e. The quantitative estimate of drug-likeness (QED) is 0.828. The van der Waals surface area contributed by atoms with Crippen LogP contribution in [0.3, 0.4) is 0 Å². The van der Waals surface area contributed by atoms with Crippen LogP contribution in [-0.2, 0) is 0 Å². The zero-order valence-electron chi connectivity index (χ0n) is 11.5. The van der Waals surface area contributed by atoms with Crippen LogP contribution >= 0.6 is 0 Å². The van der Waals surface area contributed by atoms with E-state index < -0.39 is 0 Å². The largest absolute Gasteiger partial charge is 0.313 e. The van der Waals surface area contributed by atoms with Crippen LogP contribution in [-0.4, -0.2) is 36.6 Å². The zero-order valence-corrected chi connectivity index (χ0v) is 11.5. The molecule has 3 rings (SSSR count). The molecular formula is C15H25N3. The Labute approximate surface area is 111 Å². The summed E-state index contributed by atoms with van der Waals surface area (Å²) >= 11 is 0. The van der Waals surface area contributed by atoms with Gasteiger partial charge in [-0.1, -0.05) is 6.42 Å². The molecule has 0 amide bonds. The first-order chi connectivity index (χ1) is 8.72. The SMILES string of the molecule is CN1C2CCCC1CC(NCC1(CC#N)CC1)C2. The molecule has 18 heavy (non-hydrogen) atoms. The summed E-state index contributed by atoms with van der Waals surface area (Å²) < 4.78 is 0. The van der Waals surface area contributed by atoms with Gasteiger partial charge < -0.3 is 10.2 Å². The first-order valence-corrected chi connectivity index (χ1v) is 7.55. The fourth-order valence-corrected chi connectivity index (χ4v) is 3.90. The normalized spacial score (nSPS) is 38.1. The molecule has 1 saturated carbocycles. The molecule has 3 nitrogen and oxygen atoms in total. The van der Waals surface area contributed by atoms with Crippen molar-refractivity contribution in [2.24, 2.45) is 5.41 Å². The third kappa shape index (κ3) is 2.41. The lowest BCUT2D eigenvalue weighted by Crippen LogP contribution is -2.55. The van der Waals surface area contributed by atoms with Gasteiger partial charge in [0, 0.05) is 31.1 Å². The summed E-state index contributed by atoms with van der Waals surface area (Å²) in [5, 5.41) is 12.6. The van der Waals surface area contributed by atoms with Crippen molar-refractivity contribution < 1.29 is 0 Å². The van der Waals surface area contributed by atoms with Gasteiger partial charge in [0.05, 0.1) is 6.07 Å². The zero-order chi connectivity index (χ0) is 12.6. The molecule has 2 heterocycles. The Balaban J connectivity index is 1.51. The Hall–Kier alpha value is -0.590. The van der Waals surface area contributed by atoms with Crippen LogP contribution in [0.2, 0.25) is 0 Å². The highest BCUT2D eigenvalue weighted by Gasteiger charge is 2.43. The van der Waals surface area contributed by atoms with E-state index in [4.69, 9.17) is 5.26 Å². The molecule has 100 valence electrons. The summed E-state index contributed by atoms with van der Waals surface area (Å²) in [6.07, 6.45) is 10.1. The van der Waals surface area contributed by atoms with Gasteiger partial charge in [0.1, 0.15) is 0 Å². The molecule has 0 spiro atoms. The van der Waals surface area contributed by atoms with E-state index in [2.05, 4.69) is 23.3 Å². The molecule has 1 aliphatic carbocycles. The van der Waals surface area contributed by atoms with Crippen molar-refractivity contribution in [3.8, 4) is 6.07 Å². The average molecular weight is 247 g/mol. The number of rotatable bonds is 4. The molecule has 2 aliphatic heterocycles. The number of nitrogens with one attached hydrogen (secondary N) is 1. The van der Waals surface area contributed by atoms with Gasteiger partial charge in [-0.05, 0) is 51.0 Å². The maximum atomic E-state index is 8.86. The summed E-state index contributed by atoms with van der Waals surface area (Å²) in [5.74, 6) is 0. The predicted octanol–water partition coefficient (Wildman–Crippen LogP) is 2.29. The molecule has 2 atom stereocenters. The van der Waals surface area contributed by atoms with Gasteiger partial charge in [0.2, 0.25) is 0 Å². The summed E-state index contributed by atoms with van der Waals surface area (Å²) in [6.45, 7) is 1.08. The fourth-order valence-electron chi connectivity index (χ4n) is 3.90. The van der Waals surface area contributed by atoms with Crippen molar-refractivity contribution in [1.29, 1.82) is 5.26 Å². The number of hydrogen-bond donors (Lipinski definition) is 1. The van der Waals surface area contributed by atoms with E-state index in [0.29, 0.717) is 11.5 Å². The monoisotopic (exact) mass is 247 g/mol. The van der Waals surface area contributed by atoms with Gasteiger partial charge in [-0.15, -0.1) is 0 Å². The second-order valence-electron chi connectivity index (χ2n) is 6.79. The molecule has 3 heteroatoms. The highest BCUT2D eigenvalue weighted by Crippen LogP contribution is 2.48. The van der Waals surface area contributed by atoms with Crippen molar-refractivity contribution in [2.45, 2.75) is 69.5 Å². The number of piperidine rings is 2. The minimum absolute atomic E-state index is 0.354. The third-order valence-electron chi connectivity index (χ3n) is 5.52. The van der Waals surface area contributed by atoms with Crippen LogP contribution in [0.1, 0.15) is 51.4 Å². The standard InChI is InChI=1S/C15H25N3/c1-18-13-3-2-4-14(18)10-12(9-13)17-11-15(5-6-15)7-8-16/h12-14,17H,2-7,9-11H2,1H3. The Kier molecular flexibility index (Phi) is 3.34. The smallest absolute Gasteiger partial charge is 0.0628 e. The predicted molar refractivity (Wildman–Crippen MR) is 72.1 cm³/mol. The second kappa shape index (κ2) is 4.83. The summed E-state index contributed by atoms with van der Waals surface area (Å²) in [7, 11) is 2.31. The van der Waals surface area contributed by atoms with Crippen molar-refractivity contribution >= 4 is 0 Å². The molecule has 0 aromatic carbocycles. The van der Waals surface area contributed by atoms with Crippen molar-refractivity contribution in [3.05, 3.63) is 0 Å². The molecule has 3 aliphatic rings. The molecule has 3 fully saturated rings. The number of nitriles is 1. The van der Waals surface area contributed by atoms with Crippen LogP contribution in [0.25, 0.3) is 0 Å².